The second kappa shape index (κ2) is 10.3. The molecule has 0 radical (unpaired) electrons. The minimum absolute atomic E-state index is 0.0299. The second-order valence-electron chi connectivity index (χ2n) is 7.79. The number of hydrogen-bond acceptors (Lipinski definition) is 4. The van der Waals surface area contributed by atoms with Crippen LogP contribution in [0.1, 0.15) is 37.3 Å². The zero-order valence-corrected chi connectivity index (χ0v) is 18.6. The van der Waals surface area contributed by atoms with E-state index < -0.39 is 0 Å². The van der Waals surface area contributed by atoms with Crippen LogP contribution in [0, 0.1) is 12.8 Å². The fourth-order valence-electron chi connectivity index (χ4n) is 3.09. The molecular weight excluding hydrogens is 414 g/mol. The van der Waals surface area contributed by atoms with E-state index >= 15 is 0 Å². The van der Waals surface area contributed by atoms with Gasteiger partial charge in [0.15, 0.2) is 0 Å². The van der Waals surface area contributed by atoms with Gasteiger partial charge in [-0.15, -0.1) is 0 Å². The van der Waals surface area contributed by atoms with E-state index in [1.807, 2.05) is 56.3 Å². The first-order chi connectivity index (χ1) is 14.8. The molecule has 0 saturated carbocycles. The molecule has 162 valence electrons. The molecule has 0 fully saturated rings. The van der Waals surface area contributed by atoms with Gasteiger partial charge >= 0.3 is 0 Å². The molecule has 0 atom stereocenters. The van der Waals surface area contributed by atoms with Crippen LogP contribution in [0.15, 0.2) is 52.9 Å². The normalized spacial score (nSPS) is 10.9. The highest BCUT2D eigenvalue weighted by Crippen LogP contribution is 2.25. The highest BCUT2D eigenvalue weighted by molar-refractivity contribution is 6.31. The van der Waals surface area contributed by atoms with E-state index in [0.29, 0.717) is 34.5 Å². The lowest BCUT2D eigenvalue weighted by molar-refractivity contribution is -0.120. The van der Waals surface area contributed by atoms with Gasteiger partial charge in [-0.3, -0.25) is 9.59 Å². The summed E-state index contributed by atoms with van der Waals surface area (Å²) in [5, 5.41) is 6.32. The van der Waals surface area contributed by atoms with Gasteiger partial charge in [0, 0.05) is 22.7 Å². The maximum atomic E-state index is 12.3. The predicted octanol–water partition coefficient (Wildman–Crippen LogP) is 5.15. The summed E-state index contributed by atoms with van der Waals surface area (Å²) in [7, 11) is 0. The van der Waals surface area contributed by atoms with Gasteiger partial charge in [0.1, 0.15) is 11.5 Å². The van der Waals surface area contributed by atoms with Crippen LogP contribution < -0.4 is 10.6 Å². The van der Waals surface area contributed by atoms with Crippen molar-refractivity contribution in [1.82, 2.24) is 10.3 Å². The molecule has 3 aromatic rings. The van der Waals surface area contributed by atoms with Crippen LogP contribution in [0.4, 0.5) is 5.69 Å². The van der Waals surface area contributed by atoms with Crippen molar-refractivity contribution in [3.63, 3.8) is 0 Å². The SMILES string of the molecule is Cc1oc(-c2cccc(NC(=O)CC(C)C)c2)nc1CNC(=O)Cc1ccccc1Cl. The lowest BCUT2D eigenvalue weighted by atomic mass is 10.1. The third-order valence-corrected chi connectivity index (χ3v) is 5.01. The number of nitrogens with zero attached hydrogens (tertiary/aromatic N) is 1. The summed E-state index contributed by atoms with van der Waals surface area (Å²) in [4.78, 5) is 28.8. The largest absolute Gasteiger partial charge is 0.441 e. The third kappa shape index (κ3) is 6.43. The quantitative estimate of drug-likeness (QED) is 0.508. The summed E-state index contributed by atoms with van der Waals surface area (Å²) in [5.74, 6) is 1.17. The molecule has 6 nitrogen and oxygen atoms in total. The first kappa shape index (κ1) is 22.6. The summed E-state index contributed by atoms with van der Waals surface area (Å²) >= 11 is 6.12. The fourth-order valence-corrected chi connectivity index (χ4v) is 3.29. The van der Waals surface area contributed by atoms with Gasteiger partial charge < -0.3 is 15.1 Å². The van der Waals surface area contributed by atoms with Crippen molar-refractivity contribution in [2.24, 2.45) is 5.92 Å². The number of carbonyl (C=O) groups is 2. The molecule has 0 saturated heterocycles. The Balaban J connectivity index is 1.64. The summed E-state index contributed by atoms with van der Waals surface area (Å²) in [6, 6.07) is 14.6. The Labute approximate surface area is 187 Å². The second-order valence-corrected chi connectivity index (χ2v) is 8.20. The summed E-state index contributed by atoms with van der Waals surface area (Å²) in [6.07, 6.45) is 0.655. The zero-order valence-electron chi connectivity index (χ0n) is 17.9. The van der Waals surface area contributed by atoms with Gasteiger partial charge in [0.2, 0.25) is 17.7 Å². The van der Waals surface area contributed by atoms with Crippen molar-refractivity contribution in [3.8, 4) is 11.5 Å². The van der Waals surface area contributed by atoms with Crippen molar-refractivity contribution in [2.45, 2.75) is 40.2 Å². The number of rotatable bonds is 8. The van der Waals surface area contributed by atoms with Crippen molar-refractivity contribution in [2.75, 3.05) is 5.32 Å². The number of aromatic nitrogens is 1. The Kier molecular flexibility index (Phi) is 7.47. The van der Waals surface area contributed by atoms with E-state index in [2.05, 4.69) is 15.6 Å². The maximum Gasteiger partial charge on any atom is 0.226 e. The molecule has 0 bridgehead atoms. The Bertz CT molecular complexity index is 1080. The van der Waals surface area contributed by atoms with Crippen LogP contribution >= 0.6 is 11.6 Å². The van der Waals surface area contributed by atoms with Gasteiger partial charge in [0.25, 0.3) is 0 Å². The Morgan fingerprint density at radius 3 is 2.61 bits per heavy atom. The molecule has 0 spiro atoms. The third-order valence-electron chi connectivity index (χ3n) is 4.64. The van der Waals surface area contributed by atoms with Crippen LogP contribution in [0.25, 0.3) is 11.5 Å². The molecule has 31 heavy (non-hydrogen) atoms. The van der Waals surface area contributed by atoms with Crippen LogP contribution in [0.2, 0.25) is 5.02 Å². The van der Waals surface area contributed by atoms with Crippen LogP contribution in [-0.4, -0.2) is 16.8 Å². The summed E-state index contributed by atoms with van der Waals surface area (Å²) in [5.41, 5.74) is 2.86. The van der Waals surface area contributed by atoms with Gasteiger partial charge in [-0.05, 0) is 42.7 Å². The van der Waals surface area contributed by atoms with Gasteiger partial charge in [-0.25, -0.2) is 4.98 Å². The Morgan fingerprint density at radius 1 is 1.10 bits per heavy atom. The lowest BCUT2D eigenvalue weighted by Gasteiger charge is -2.07. The van der Waals surface area contributed by atoms with E-state index in [9.17, 15) is 9.59 Å². The lowest BCUT2D eigenvalue weighted by Crippen LogP contribution is -2.25. The first-order valence-electron chi connectivity index (χ1n) is 10.2. The number of anilines is 1. The van der Waals surface area contributed by atoms with E-state index in [1.165, 1.54) is 0 Å². The molecule has 3 rings (SSSR count). The highest BCUT2D eigenvalue weighted by atomic mass is 35.5. The minimum atomic E-state index is -0.146. The monoisotopic (exact) mass is 439 g/mol. The number of nitrogens with one attached hydrogen (secondary N) is 2. The van der Waals surface area contributed by atoms with Crippen molar-refractivity contribution < 1.29 is 14.0 Å². The number of halogens is 1. The topological polar surface area (TPSA) is 84.2 Å². The Morgan fingerprint density at radius 2 is 1.87 bits per heavy atom. The van der Waals surface area contributed by atoms with Gasteiger partial charge in [-0.1, -0.05) is 49.7 Å². The summed E-state index contributed by atoms with van der Waals surface area (Å²) in [6.45, 7) is 6.06. The molecule has 1 heterocycles. The first-order valence-corrected chi connectivity index (χ1v) is 10.6. The van der Waals surface area contributed by atoms with Crippen molar-refractivity contribution in [1.29, 1.82) is 0 Å². The van der Waals surface area contributed by atoms with E-state index in [1.54, 1.807) is 13.0 Å². The van der Waals surface area contributed by atoms with Crippen LogP contribution in [0.3, 0.4) is 0 Å². The van der Waals surface area contributed by atoms with E-state index in [-0.39, 0.29) is 30.7 Å². The number of aryl methyl sites for hydroxylation is 1. The molecule has 0 unspecified atom stereocenters. The van der Waals surface area contributed by atoms with Crippen molar-refractivity contribution >= 4 is 29.1 Å². The average molecular weight is 440 g/mol. The molecule has 7 heteroatoms. The molecule has 2 amide bonds. The molecule has 1 aromatic heterocycles. The van der Waals surface area contributed by atoms with Gasteiger partial charge in [0.05, 0.1) is 13.0 Å². The van der Waals surface area contributed by atoms with Crippen LogP contribution in [-0.2, 0) is 22.6 Å². The van der Waals surface area contributed by atoms with E-state index in [4.69, 9.17) is 16.0 Å². The fraction of sp³-hybridized carbons (Fsp3) is 0.292. The minimum Gasteiger partial charge on any atom is -0.441 e. The molecular formula is C24H26ClN3O3. The van der Waals surface area contributed by atoms with Gasteiger partial charge in [-0.2, -0.15) is 0 Å². The van der Waals surface area contributed by atoms with Crippen LogP contribution in [0.5, 0.6) is 0 Å². The number of oxazole rings is 1. The maximum absolute atomic E-state index is 12.3. The number of amides is 2. The molecule has 2 aromatic carbocycles. The number of carbonyl (C=O) groups excluding carboxylic acids is 2. The average Bonchev–Trinajstić information content (AvgIpc) is 3.08. The standard InChI is InChI=1S/C24H26ClN3O3/c1-15(2)11-23(30)27-19-9-6-8-18(12-19)24-28-21(16(3)31-24)14-26-22(29)13-17-7-4-5-10-20(17)25/h4-10,12,15H,11,13-14H2,1-3H3,(H,26,29)(H,27,30). The highest BCUT2D eigenvalue weighted by Gasteiger charge is 2.14. The number of hydrogen-bond donors (Lipinski definition) is 2. The number of benzene rings is 2. The molecule has 0 aliphatic heterocycles. The Hall–Kier alpha value is -3.12. The molecule has 2 N–H and O–H groups in total. The van der Waals surface area contributed by atoms with Crippen molar-refractivity contribution in [3.05, 3.63) is 70.6 Å². The summed E-state index contributed by atoms with van der Waals surface area (Å²) < 4.78 is 5.80. The molecule has 0 aliphatic carbocycles. The van der Waals surface area contributed by atoms with E-state index in [0.717, 1.165) is 11.1 Å². The smallest absolute Gasteiger partial charge is 0.226 e. The zero-order chi connectivity index (χ0) is 22.4. The predicted molar refractivity (Wildman–Crippen MR) is 122 cm³/mol. The molecule has 0 aliphatic rings.